The first-order valence-corrected chi connectivity index (χ1v) is 8.58. The number of benzene rings is 1. The van der Waals surface area contributed by atoms with Crippen molar-refractivity contribution in [2.75, 3.05) is 31.1 Å². The third-order valence-corrected chi connectivity index (χ3v) is 4.88. The van der Waals surface area contributed by atoms with Crippen molar-refractivity contribution in [3.05, 3.63) is 30.1 Å². The summed E-state index contributed by atoms with van der Waals surface area (Å²) in [4.78, 5) is 30.6. The van der Waals surface area contributed by atoms with Crippen LogP contribution in [0.1, 0.15) is 26.7 Å². The van der Waals surface area contributed by atoms with Gasteiger partial charge in [0.1, 0.15) is 11.9 Å². The molecule has 24 heavy (non-hydrogen) atoms. The smallest absolute Gasteiger partial charge is 0.245 e. The molecule has 1 aromatic carbocycles. The average Bonchev–Trinajstić information content (AvgIpc) is 2.97. The fourth-order valence-corrected chi connectivity index (χ4v) is 3.64. The first kappa shape index (κ1) is 16.7. The quantitative estimate of drug-likeness (QED) is 0.848. The molecule has 2 heterocycles. The summed E-state index contributed by atoms with van der Waals surface area (Å²) in [7, 11) is 0. The molecule has 0 saturated carbocycles. The van der Waals surface area contributed by atoms with Crippen LogP contribution in [-0.2, 0) is 9.59 Å². The maximum atomic E-state index is 13.0. The van der Waals surface area contributed by atoms with Gasteiger partial charge in [-0.2, -0.15) is 0 Å². The van der Waals surface area contributed by atoms with E-state index in [1.807, 2.05) is 18.7 Å². The van der Waals surface area contributed by atoms with Crippen LogP contribution < -0.4 is 4.90 Å². The highest BCUT2D eigenvalue weighted by Crippen LogP contribution is 2.24. The van der Waals surface area contributed by atoms with Crippen LogP contribution in [0.3, 0.4) is 0 Å². The summed E-state index contributed by atoms with van der Waals surface area (Å²) in [6, 6.07) is 6.19. The van der Waals surface area contributed by atoms with E-state index in [0.717, 1.165) is 18.8 Å². The number of anilines is 1. The molecule has 2 aliphatic rings. The van der Waals surface area contributed by atoms with Crippen LogP contribution in [0, 0.1) is 5.82 Å². The van der Waals surface area contributed by atoms with Gasteiger partial charge in [-0.25, -0.2) is 4.39 Å². The Bertz CT molecular complexity index is 609. The Kier molecular flexibility index (Phi) is 4.73. The molecule has 1 aromatic rings. The highest BCUT2D eigenvalue weighted by atomic mass is 19.1. The van der Waals surface area contributed by atoms with Crippen molar-refractivity contribution in [3.8, 4) is 0 Å². The number of hydrogen-bond donors (Lipinski definition) is 0. The van der Waals surface area contributed by atoms with Gasteiger partial charge in [0, 0.05) is 44.3 Å². The van der Waals surface area contributed by atoms with Crippen molar-refractivity contribution in [3.63, 3.8) is 0 Å². The number of piperazine rings is 1. The standard InChI is InChI=1S/C18H24FN3O2/c1-13(2)22-16(7-8-17(22)23)18(24)21-11-9-20(10-12-21)15-5-3-14(19)4-6-15/h3-6,13,16H,7-12H2,1-2H3/t16-/m0/s1. The maximum Gasteiger partial charge on any atom is 0.245 e. The Morgan fingerprint density at radius 3 is 2.33 bits per heavy atom. The largest absolute Gasteiger partial charge is 0.368 e. The van der Waals surface area contributed by atoms with Crippen LogP contribution in [-0.4, -0.2) is 59.9 Å². The minimum Gasteiger partial charge on any atom is -0.368 e. The number of amides is 2. The molecule has 0 aliphatic carbocycles. The van der Waals surface area contributed by atoms with Crippen LogP contribution in [0.5, 0.6) is 0 Å². The first-order chi connectivity index (χ1) is 11.5. The molecule has 6 heteroatoms. The van der Waals surface area contributed by atoms with Gasteiger partial charge in [0.2, 0.25) is 11.8 Å². The lowest BCUT2D eigenvalue weighted by molar-refractivity contribution is -0.143. The van der Waals surface area contributed by atoms with E-state index < -0.39 is 0 Å². The summed E-state index contributed by atoms with van der Waals surface area (Å²) < 4.78 is 13.0. The van der Waals surface area contributed by atoms with Crippen LogP contribution in [0.25, 0.3) is 0 Å². The summed E-state index contributed by atoms with van der Waals surface area (Å²) >= 11 is 0. The summed E-state index contributed by atoms with van der Waals surface area (Å²) in [6.07, 6.45) is 1.08. The zero-order valence-corrected chi connectivity index (χ0v) is 14.2. The normalized spacial score (nSPS) is 21.8. The van der Waals surface area contributed by atoms with Crippen LogP contribution in [0.2, 0.25) is 0 Å². The predicted octanol–water partition coefficient (Wildman–Crippen LogP) is 1.87. The molecule has 0 aromatic heterocycles. The topological polar surface area (TPSA) is 43.9 Å². The Hall–Kier alpha value is -2.11. The number of rotatable bonds is 3. The van der Waals surface area contributed by atoms with E-state index in [0.29, 0.717) is 25.9 Å². The lowest BCUT2D eigenvalue weighted by Crippen LogP contribution is -2.55. The second kappa shape index (κ2) is 6.79. The van der Waals surface area contributed by atoms with Gasteiger partial charge < -0.3 is 14.7 Å². The molecule has 3 rings (SSSR count). The number of nitrogens with zero attached hydrogens (tertiary/aromatic N) is 3. The summed E-state index contributed by atoms with van der Waals surface area (Å²) in [5.41, 5.74) is 0.975. The van der Waals surface area contributed by atoms with Crippen LogP contribution >= 0.6 is 0 Å². The Morgan fingerprint density at radius 2 is 1.75 bits per heavy atom. The van der Waals surface area contributed by atoms with E-state index in [2.05, 4.69) is 4.90 Å². The SMILES string of the molecule is CC(C)N1C(=O)CC[C@H]1C(=O)N1CCN(c2ccc(F)cc2)CC1. The molecule has 2 aliphatic heterocycles. The monoisotopic (exact) mass is 333 g/mol. The Morgan fingerprint density at radius 1 is 1.12 bits per heavy atom. The number of halogens is 1. The third-order valence-electron chi connectivity index (χ3n) is 4.88. The summed E-state index contributed by atoms with van der Waals surface area (Å²) in [5.74, 6) is -0.103. The minimum atomic E-state index is -0.310. The van der Waals surface area contributed by atoms with Gasteiger partial charge in [0.25, 0.3) is 0 Å². The highest BCUT2D eigenvalue weighted by molar-refractivity contribution is 5.91. The van der Waals surface area contributed by atoms with Crippen molar-refractivity contribution in [1.82, 2.24) is 9.80 Å². The molecule has 0 bridgehead atoms. The van der Waals surface area contributed by atoms with Gasteiger partial charge in [0.15, 0.2) is 0 Å². The van der Waals surface area contributed by atoms with Crippen LogP contribution in [0.15, 0.2) is 24.3 Å². The molecule has 0 N–H and O–H groups in total. The van der Waals surface area contributed by atoms with Gasteiger partial charge in [0.05, 0.1) is 0 Å². The Balaban J connectivity index is 1.61. The van der Waals surface area contributed by atoms with E-state index >= 15 is 0 Å². The molecule has 0 radical (unpaired) electrons. The fourth-order valence-electron chi connectivity index (χ4n) is 3.64. The highest BCUT2D eigenvalue weighted by Gasteiger charge is 2.40. The number of carbonyl (C=O) groups excluding carboxylic acids is 2. The van der Waals surface area contributed by atoms with Gasteiger partial charge in [-0.1, -0.05) is 0 Å². The molecule has 2 fully saturated rings. The van der Waals surface area contributed by atoms with Crippen molar-refractivity contribution in [2.24, 2.45) is 0 Å². The van der Waals surface area contributed by atoms with E-state index in [4.69, 9.17) is 0 Å². The first-order valence-electron chi connectivity index (χ1n) is 8.58. The molecule has 0 spiro atoms. The second-order valence-corrected chi connectivity index (χ2v) is 6.74. The molecule has 1 atom stereocenters. The fraction of sp³-hybridized carbons (Fsp3) is 0.556. The molecular formula is C18H24FN3O2. The summed E-state index contributed by atoms with van der Waals surface area (Å²) in [6.45, 7) is 6.62. The maximum absolute atomic E-state index is 13.0. The van der Waals surface area contributed by atoms with Gasteiger partial charge in [-0.15, -0.1) is 0 Å². The Labute approximate surface area is 142 Å². The van der Waals surface area contributed by atoms with Crippen molar-refractivity contribution < 1.29 is 14.0 Å². The van der Waals surface area contributed by atoms with Gasteiger partial charge in [-0.3, -0.25) is 9.59 Å². The molecule has 5 nitrogen and oxygen atoms in total. The zero-order valence-electron chi connectivity index (χ0n) is 14.2. The predicted molar refractivity (Wildman–Crippen MR) is 90.2 cm³/mol. The van der Waals surface area contributed by atoms with Crippen molar-refractivity contribution in [1.29, 1.82) is 0 Å². The molecule has 0 unspecified atom stereocenters. The van der Waals surface area contributed by atoms with E-state index in [1.165, 1.54) is 12.1 Å². The molecular weight excluding hydrogens is 309 g/mol. The van der Waals surface area contributed by atoms with E-state index in [-0.39, 0.29) is 29.7 Å². The molecule has 2 amide bonds. The summed E-state index contributed by atoms with van der Waals surface area (Å²) in [5, 5.41) is 0. The lowest BCUT2D eigenvalue weighted by Gasteiger charge is -2.39. The lowest BCUT2D eigenvalue weighted by atomic mass is 10.1. The molecule has 130 valence electrons. The second-order valence-electron chi connectivity index (χ2n) is 6.74. The number of likely N-dealkylation sites (tertiary alicyclic amines) is 1. The van der Waals surface area contributed by atoms with Crippen LogP contribution in [0.4, 0.5) is 10.1 Å². The number of carbonyl (C=O) groups is 2. The zero-order chi connectivity index (χ0) is 17.3. The number of hydrogen-bond acceptors (Lipinski definition) is 3. The van der Waals surface area contributed by atoms with Crippen molar-refractivity contribution >= 4 is 17.5 Å². The average molecular weight is 333 g/mol. The van der Waals surface area contributed by atoms with Gasteiger partial charge >= 0.3 is 0 Å². The van der Waals surface area contributed by atoms with E-state index in [1.54, 1.807) is 17.0 Å². The molecule has 2 saturated heterocycles. The minimum absolute atomic E-state index is 0.0504. The van der Waals surface area contributed by atoms with Crippen molar-refractivity contribution in [2.45, 2.75) is 38.8 Å². The van der Waals surface area contributed by atoms with Gasteiger partial charge in [-0.05, 0) is 44.5 Å². The van der Waals surface area contributed by atoms with E-state index in [9.17, 15) is 14.0 Å². The third kappa shape index (κ3) is 3.23.